The van der Waals surface area contributed by atoms with Crippen molar-refractivity contribution < 1.29 is 0 Å². The van der Waals surface area contributed by atoms with E-state index in [0.29, 0.717) is 0 Å². The van der Waals surface area contributed by atoms with Crippen LogP contribution in [-0.2, 0) is 0 Å². The third-order valence-corrected chi connectivity index (χ3v) is 6.89. The van der Waals surface area contributed by atoms with Crippen LogP contribution in [0.15, 0.2) is 84.9 Å². The van der Waals surface area contributed by atoms with E-state index in [1.165, 1.54) is 75.4 Å². The highest BCUT2D eigenvalue weighted by atomic mass is 14.3. The molecule has 0 saturated carbocycles. The molecule has 0 spiro atoms. The van der Waals surface area contributed by atoms with Crippen molar-refractivity contribution in [3.63, 3.8) is 0 Å². The van der Waals surface area contributed by atoms with Crippen LogP contribution in [0, 0.1) is 0 Å². The fraction of sp³-hybridized carbons (Fsp3) is 0. The summed E-state index contributed by atoms with van der Waals surface area (Å²) in [5.74, 6) is 0. The predicted molar refractivity (Wildman–Crippen MR) is 123 cm³/mol. The van der Waals surface area contributed by atoms with Crippen molar-refractivity contribution in [3.05, 3.63) is 84.9 Å². The van der Waals surface area contributed by atoms with E-state index < -0.39 is 0 Å². The highest BCUT2D eigenvalue weighted by molar-refractivity contribution is 6.52. The van der Waals surface area contributed by atoms with E-state index in [9.17, 15) is 0 Å². The van der Waals surface area contributed by atoms with Crippen LogP contribution < -0.4 is 0 Å². The van der Waals surface area contributed by atoms with Crippen LogP contribution in [0.3, 0.4) is 0 Å². The van der Waals surface area contributed by atoms with Gasteiger partial charge in [0.05, 0.1) is 0 Å². The van der Waals surface area contributed by atoms with Crippen molar-refractivity contribution in [3.8, 4) is 0 Å². The quantitative estimate of drug-likeness (QED) is 0.243. The number of hydrogen-bond donors (Lipinski definition) is 0. The minimum Gasteiger partial charge on any atom is -0.0616 e. The summed E-state index contributed by atoms with van der Waals surface area (Å²) < 4.78 is 0. The van der Waals surface area contributed by atoms with Crippen molar-refractivity contribution in [2.24, 2.45) is 0 Å². The Hall–Kier alpha value is -3.64. The minimum absolute atomic E-state index is 1.35. The Kier molecular flexibility index (Phi) is 2.06. The molecule has 0 aliphatic heterocycles. The molecule has 8 aromatic carbocycles. The zero-order chi connectivity index (χ0) is 18.0. The molecular weight excluding hydrogens is 336 g/mol. The summed E-state index contributed by atoms with van der Waals surface area (Å²) in [5, 5.41) is 19.6. The molecule has 28 heavy (non-hydrogen) atoms. The summed E-state index contributed by atoms with van der Waals surface area (Å²) in [6.07, 6.45) is 0. The van der Waals surface area contributed by atoms with Crippen LogP contribution in [0.2, 0.25) is 0 Å². The van der Waals surface area contributed by atoms with Gasteiger partial charge in [-0.15, -0.1) is 0 Å². The van der Waals surface area contributed by atoms with E-state index in [4.69, 9.17) is 0 Å². The van der Waals surface area contributed by atoms with Crippen LogP contribution >= 0.6 is 0 Å². The maximum absolute atomic E-state index is 2.33. The third-order valence-electron chi connectivity index (χ3n) is 6.89. The second kappa shape index (κ2) is 4.26. The number of benzene rings is 7. The maximum atomic E-state index is 2.33. The SMILES string of the molecule is c1ccc2c(c1)c1ccc3ccc4ccc5c6ccccc6c2c2c1c3c4c52. The first-order valence-electron chi connectivity index (χ1n) is 9.89. The lowest BCUT2D eigenvalue weighted by Gasteiger charge is -2.13. The third kappa shape index (κ3) is 1.28. The van der Waals surface area contributed by atoms with Gasteiger partial charge in [-0.2, -0.15) is 0 Å². The van der Waals surface area contributed by atoms with Gasteiger partial charge in [-0.3, -0.25) is 0 Å². The summed E-state index contributed by atoms with van der Waals surface area (Å²) >= 11 is 0. The topological polar surface area (TPSA) is 0 Å². The zero-order valence-electron chi connectivity index (χ0n) is 15.1. The lowest BCUT2D eigenvalue weighted by Crippen LogP contribution is -1.85. The van der Waals surface area contributed by atoms with Gasteiger partial charge in [-0.25, -0.2) is 0 Å². The molecule has 0 atom stereocenters. The molecule has 0 heteroatoms. The van der Waals surface area contributed by atoms with Gasteiger partial charge < -0.3 is 0 Å². The van der Waals surface area contributed by atoms with E-state index in [1.807, 2.05) is 0 Å². The standard InChI is InChI=1S/C28H14/c1-3-7-19-17(5-1)21-13-11-15-9-10-16-12-14-22-18-6-2-4-8-20(18)25(19)28-26(21)23(15)24(16)27(22)28/h1-14H. The fourth-order valence-corrected chi connectivity index (χ4v) is 5.86. The molecule has 0 amide bonds. The van der Waals surface area contributed by atoms with Gasteiger partial charge in [0.2, 0.25) is 0 Å². The van der Waals surface area contributed by atoms with Crippen LogP contribution in [0.1, 0.15) is 0 Å². The molecule has 0 radical (unpaired) electrons. The fourth-order valence-electron chi connectivity index (χ4n) is 5.86. The van der Waals surface area contributed by atoms with Crippen molar-refractivity contribution in [1.29, 1.82) is 0 Å². The Morgan fingerprint density at radius 3 is 1.14 bits per heavy atom. The molecule has 0 nitrogen and oxygen atoms in total. The zero-order valence-corrected chi connectivity index (χ0v) is 15.1. The lowest BCUT2D eigenvalue weighted by atomic mass is 9.89. The molecule has 0 bridgehead atoms. The van der Waals surface area contributed by atoms with Crippen molar-refractivity contribution in [1.82, 2.24) is 0 Å². The molecule has 0 unspecified atom stereocenters. The van der Waals surface area contributed by atoms with E-state index in [0.717, 1.165) is 0 Å². The van der Waals surface area contributed by atoms with Crippen LogP contribution in [0.5, 0.6) is 0 Å². The summed E-state index contributed by atoms with van der Waals surface area (Å²) in [5.41, 5.74) is 0. The van der Waals surface area contributed by atoms with Crippen LogP contribution in [0.4, 0.5) is 0 Å². The predicted octanol–water partition coefficient (Wildman–Crippen LogP) is 8.07. The van der Waals surface area contributed by atoms with Gasteiger partial charge in [-0.1, -0.05) is 84.9 Å². The Morgan fingerprint density at radius 2 is 0.643 bits per heavy atom. The van der Waals surface area contributed by atoms with Crippen LogP contribution in [0.25, 0.3) is 75.4 Å². The monoisotopic (exact) mass is 350 g/mol. The summed E-state index contributed by atoms with van der Waals surface area (Å²) in [6.45, 7) is 0. The average Bonchev–Trinajstić information content (AvgIpc) is 3.12. The first-order valence-corrected chi connectivity index (χ1v) is 9.89. The molecule has 0 aliphatic rings. The van der Waals surface area contributed by atoms with Crippen molar-refractivity contribution in [2.75, 3.05) is 0 Å². The average molecular weight is 350 g/mol. The molecule has 0 N–H and O–H groups in total. The first kappa shape index (κ1) is 13.5. The van der Waals surface area contributed by atoms with Crippen molar-refractivity contribution in [2.45, 2.75) is 0 Å². The van der Waals surface area contributed by atoms with E-state index in [2.05, 4.69) is 84.9 Å². The molecule has 0 heterocycles. The van der Waals surface area contributed by atoms with Gasteiger partial charge in [0.15, 0.2) is 0 Å². The molecule has 0 aliphatic carbocycles. The van der Waals surface area contributed by atoms with Crippen LogP contribution in [-0.4, -0.2) is 0 Å². The lowest BCUT2D eigenvalue weighted by molar-refractivity contribution is 1.82. The highest BCUT2D eigenvalue weighted by Crippen LogP contribution is 2.52. The summed E-state index contributed by atoms with van der Waals surface area (Å²) in [7, 11) is 0. The molecule has 0 saturated heterocycles. The molecule has 8 aromatic rings. The highest BCUT2D eigenvalue weighted by Gasteiger charge is 2.23. The second-order valence-corrected chi connectivity index (χ2v) is 8.08. The molecule has 8 rings (SSSR count). The van der Waals surface area contributed by atoms with Gasteiger partial charge in [-0.05, 0) is 75.4 Å². The smallest absolute Gasteiger partial charge is 0.0000937 e. The van der Waals surface area contributed by atoms with Gasteiger partial charge in [0.1, 0.15) is 0 Å². The Morgan fingerprint density at radius 1 is 0.250 bits per heavy atom. The van der Waals surface area contributed by atoms with Gasteiger partial charge >= 0.3 is 0 Å². The summed E-state index contributed by atoms with van der Waals surface area (Å²) in [6, 6.07) is 31.7. The molecule has 0 aromatic heterocycles. The van der Waals surface area contributed by atoms with Gasteiger partial charge in [0, 0.05) is 0 Å². The Bertz CT molecular complexity index is 1720. The Balaban J connectivity index is 1.98. The number of fused-ring (bicyclic) bond motifs is 6. The normalized spacial score (nSPS) is 13.0. The maximum Gasteiger partial charge on any atom is -0.0000937 e. The van der Waals surface area contributed by atoms with E-state index in [-0.39, 0.29) is 0 Å². The largest absolute Gasteiger partial charge is 0.0616 e. The first-order chi connectivity index (χ1) is 13.9. The Labute approximate surface area is 160 Å². The molecular formula is C28H14. The van der Waals surface area contributed by atoms with E-state index in [1.54, 1.807) is 0 Å². The van der Waals surface area contributed by atoms with E-state index >= 15 is 0 Å². The van der Waals surface area contributed by atoms with Crippen molar-refractivity contribution >= 4 is 75.4 Å². The number of rotatable bonds is 0. The molecule has 126 valence electrons. The second-order valence-electron chi connectivity index (χ2n) is 8.08. The van der Waals surface area contributed by atoms with Gasteiger partial charge in [0.25, 0.3) is 0 Å². The molecule has 0 fully saturated rings. The minimum atomic E-state index is 1.35. The number of hydrogen-bond acceptors (Lipinski definition) is 0. The summed E-state index contributed by atoms with van der Waals surface area (Å²) in [4.78, 5) is 0.